The van der Waals surface area contributed by atoms with Crippen LogP contribution in [0.25, 0.3) is 21.9 Å². The lowest BCUT2D eigenvalue weighted by Crippen LogP contribution is -2.08. The molecule has 0 saturated heterocycles. The van der Waals surface area contributed by atoms with Crippen LogP contribution < -0.4 is 10.6 Å². The van der Waals surface area contributed by atoms with Crippen LogP contribution in [0.3, 0.4) is 0 Å². The number of rotatable bonds is 5. The van der Waals surface area contributed by atoms with Gasteiger partial charge in [-0.25, -0.2) is 9.97 Å². The highest BCUT2D eigenvalue weighted by Gasteiger charge is 2.18. The third-order valence-electron chi connectivity index (χ3n) is 3.70. The highest BCUT2D eigenvalue weighted by molar-refractivity contribution is 6.07. The summed E-state index contributed by atoms with van der Waals surface area (Å²) < 4.78 is 2.27. The SMILES string of the molecule is CCNc1nc2ccccc2c2c1nc(NC)n2CC(C)C. The second-order valence-electron chi connectivity index (χ2n) is 5.89. The Bertz CT molecular complexity index is 804. The molecule has 0 saturated carbocycles. The number of hydrogen-bond donors (Lipinski definition) is 2. The van der Waals surface area contributed by atoms with Crippen molar-refractivity contribution in [3.63, 3.8) is 0 Å². The predicted octanol–water partition coefficient (Wildman–Crippen LogP) is 3.71. The van der Waals surface area contributed by atoms with Crippen molar-refractivity contribution in [1.29, 1.82) is 0 Å². The maximum absolute atomic E-state index is 4.78. The van der Waals surface area contributed by atoms with Crippen molar-refractivity contribution in [2.24, 2.45) is 5.92 Å². The zero-order chi connectivity index (χ0) is 15.7. The normalized spacial score (nSPS) is 11.5. The summed E-state index contributed by atoms with van der Waals surface area (Å²) in [6, 6.07) is 8.26. The Balaban J connectivity index is 2.40. The molecular weight excluding hydrogens is 274 g/mol. The molecule has 2 heterocycles. The Morgan fingerprint density at radius 1 is 1.18 bits per heavy atom. The van der Waals surface area contributed by atoms with Gasteiger partial charge in [-0.05, 0) is 18.9 Å². The lowest BCUT2D eigenvalue weighted by molar-refractivity contribution is 0.537. The first kappa shape index (κ1) is 14.6. The molecule has 0 amide bonds. The van der Waals surface area contributed by atoms with E-state index in [0.29, 0.717) is 5.92 Å². The Morgan fingerprint density at radius 3 is 2.64 bits per heavy atom. The molecule has 0 radical (unpaired) electrons. The third-order valence-corrected chi connectivity index (χ3v) is 3.70. The topological polar surface area (TPSA) is 54.8 Å². The Morgan fingerprint density at radius 2 is 1.95 bits per heavy atom. The van der Waals surface area contributed by atoms with Crippen molar-refractivity contribution in [3.05, 3.63) is 24.3 Å². The van der Waals surface area contributed by atoms with Gasteiger partial charge in [0, 0.05) is 25.5 Å². The third kappa shape index (κ3) is 2.36. The van der Waals surface area contributed by atoms with Crippen molar-refractivity contribution in [2.75, 3.05) is 24.2 Å². The lowest BCUT2D eigenvalue weighted by Gasteiger charge is -2.13. The first-order valence-corrected chi connectivity index (χ1v) is 7.86. The van der Waals surface area contributed by atoms with Crippen molar-refractivity contribution < 1.29 is 0 Å². The van der Waals surface area contributed by atoms with Crippen LogP contribution in [0.15, 0.2) is 24.3 Å². The molecule has 0 aliphatic rings. The van der Waals surface area contributed by atoms with Gasteiger partial charge in [-0.2, -0.15) is 0 Å². The molecule has 5 nitrogen and oxygen atoms in total. The minimum atomic E-state index is 0.541. The Labute approximate surface area is 130 Å². The fourth-order valence-electron chi connectivity index (χ4n) is 2.86. The summed E-state index contributed by atoms with van der Waals surface area (Å²) in [4.78, 5) is 9.53. The quantitative estimate of drug-likeness (QED) is 0.753. The zero-order valence-electron chi connectivity index (χ0n) is 13.6. The number of aromatic nitrogens is 3. The Kier molecular flexibility index (Phi) is 3.88. The van der Waals surface area contributed by atoms with Crippen LogP contribution in [-0.2, 0) is 6.54 Å². The number of imidazole rings is 1. The summed E-state index contributed by atoms with van der Waals surface area (Å²) >= 11 is 0. The molecule has 1 aromatic carbocycles. The van der Waals surface area contributed by atoms with E-state index >= 15 is 0 Å². The van der Waals surface area contributed by atoms with Gasteiger partial charge in [-0.1, -0.05) is 32.0 Å². The smallest absolute Gasteiger partial charge is 0.203 e. The summed E-state index contributed by atoms with van der Waals surface area (Å²) in [5.74, 6) is 2.29. The second kappa shape index (κ2) is 5.83. The highest BCUT2D eigenvalue weighted by atomic mass is 15.2. The minimum Gasteiger partial charge on any atom is -0.368 e. The standard InChI is InChI=1S/C17H23N5/c1-5-19-16-14-15(12-8-6-7-9-13(12)20-16)22(10-11(2)3)17(18-4)21-14/h6-9,11H,5,10H2,1-4H3,(H,18,21)(H,19,20). The van der Waals surface area contributed by atoms with E-state index in [4.69, 9.17) is 9.97 Å². The van der Waals surface area contributed by atoms with Crippen LogP contribution in [0, 0.1) is 5.92 Å². The molecule has 0 unspecified atom stereocenters. The number of nitrogens with zero attached hydrogens (tertiary/aromatic N) is 3. The van der Waals surface area contributed by atoms with Gasteiger partial charge in [0.15, 0.2) is 5.82 Å². The van der Waals surface area contributed by atoms with Crippen LogP contribution in [0.1, 0.15) is 20.8 Å². The summed E-state index contributed by atoms with van der Waals surface area (Å²) in [6.07, 6.45) is 0. The van der Waals surface area contributed by atoms with Crippen molar-refractivity contribution in [1.82, 2.24) is 14.5 Å². The molecule has 2 aromatic heterocycles. The average Bonchev–Trinajstić information content (AvgIpc) is 2.86. The molecule has 0 atom stereocenters. The zero-order valence-corrected chi connectivity index (χ0v) is 13.6. The number of nitrogens with one attached hydrogen (secondary N) is 2. The largest absolute Gasteiger partial charge is 0.368 e. The second-order valence-corrected chi connectivity index (χ2v) is 5.89. The molecule has 3 aromatic rings. The minimum absolute atomic E-state index is 0.541. The molecule has 2 N–H and O–H groups in total. The number of benzene rings is 1. The van der Waals surface area contributed by atoms with Gasteiger partial charge in [-0.15, -0.1) is 0 Å². The number of pyridine rings is 1. The van der Waals surface area contributed by atoms with Gasteiger partial charge in [0.1, 0.15) is 5.52 Å². The van der Waals surface area contributed by atoms with Gasteiger partial charge >= 0.3 is 0 Å². The molecule has 0 spiro atoms. The average molecular weight is 297 g/mol. The summed E-state index contributed by atoms with van der Waals surface area (Å²) in [6.45, 7) is 8.27. The predicted molar refractivity (Wildman–Crippen MR) is 93.6 cm³/mol. The Hall–Kier alpha value is -2.30. The van der Waals surface area contributed by atoms with Gasteiger partial charge in [0.2, 0.25) is 5.95 Å². The van der Waals surface area contributed by atoms with Crippen molar-refractivity contribution in [2.45, 2.75) is 27.3 Å². The van der Waals surface area contributed by atoms with Gasteiger partial charge in [0.05, 0.1) is 11.0 Å². The maximum Gasteiger partial charge on any atom is 0.203 e. The van der Waals surface area contributed by atoms with Crippen LogP contribution >= 0.6 is 0 Å². The van der Waals surface area contributed by atoms with Crippen LogP contribution in [-0.4, -0.2) is 28.1 Å². The van der Waals surface area contributed by atoms with Gasteiger partial charge in [-0.3, -0.25) is 0 Å². The summed E-state index contributed by atoms with van der Waals surface area (Å²) in [5, 5.41) is 7.71. The molecule has 0 bridgehead atoms. The molecule has 0 aliphatic heterocycles. The van der Waals surface area contributed by atoms with Crippen LogP contribution in [0.2, 0.25) is 0 Å². The fourth-order valence-corrected chi connectivity index (χ4v) is 2.86. The molecular formula is C17H23N5. The number of fused-ring (bicyclic) bond motifs is 3. The van der Waals surface area contributed by atoms with Crippen molar-refractivity contribution >= 4 is 33.7 Å². The highest BCUT2D eigenvalue weighted by Crippen LogP contribution is 2.32. The number of hydrogen-bond acceptors (Lipinski definition) is 4. The van der Waals surface area contributed by atoms with E-state index in [1.54, 1.807) is 0 Å². The molecule has 0 fully saturated rings. The van der Waals surface area contributed by atoms with E-state index in [9.17, 15) is 0 Å². The molecule has 116 valence electrons. The molecule has 3 rings (SSSR count). The number of anilines is 2. The van der Waals surface area contributed by atoms with E-state index in [1.807, 2.05) is 13.1 Å². The monoisotopic (exact) mass is 297 g/mol. The van der Waals surface area contributed by atoms with Crippen molar-refractivity contribution in [3.8, 4) is 0 Å². The van der Waals surface area contributed by atoms with E-state index in [2.05, 4.69) is 54.2 Å². The van der Waals surface area contributed by atoms with E-state index in [-0.39, 0.29) is 0 Å². The van der Waals surface area contributed by atoms with Crippen LogP contribution in [0.5, 0.6) is 0 Å². The van der Waals surface area contributed by atoms with Crippen LogP contribution in [0.4, 0.5) is 11.8 Å². The van der Waals surface area contributed by atoms with Gasteiger partial charge < -0.3 is 15.2 Å². The molecule has 0 aliphatic carbocycles. The fraction of sp³-hybridized carbons (Fsp3) is 0.412. The summed E-state index contributed by atoms with van der Waals surface area (Å²) in [5.41, 5.74) is 3.09. The van der Waals surface area contributed by atoms with Gasteiger partial charge in [0.25, 0.3) is 0 Å². The van der Waals surface area contributed by atoms with E-state index in [1.165, 1.54) is 0 Å². The number of para-hydroxylation sites is 1. The first-order chi connectivity index (χ1) is 10.7. The molecule has 22 heavy (non-hydrogen) atoms. The maximum atomic E-state index is 4.78. The van der Waals surface area contributed by atoms with E-state index in [0.717, 1.165) is 46.8 Å². The first-order valence-electron chi connectivity index (χ1n) is 7.86. The van der Waals surface area contributed by atoms with E-state index < -0.39 is 0 Å². The summed E-state index contributed by atoms with van der Waals surface area (Å²) in [7, 11) is 1.92. The lowest BCUT2D eigenvalue weighted by atomic mass is 10.1. The molecule has 5 heteroatoms.